The van der Waals surface area contributed by atoms with Crippen LogP contribution < -0.4 is 4.90 Å². The molecule has 1 aromatic rings. The minimum absolute atomic E-state index is 0.0894. The van der Waals surface area contributed by atoms with Gasteiger partial charge in [0.2, 0.25) is 0 Å². The van der Waals surface area contributed by atoms with Crippen LogP contribution in [0.3, 0.4) is 0 Å². The normalized spacial score (nSPS) is 23.0. The van der Waals surface area contributed by atoms with E-state index in [2.05, 4.69) is 4.90 Å². The summed E-state index contributed by atoms with van der Waals surface area (Å²) in [5, 5.41) is 9.24. The van der Waals surface area contributed by atoms with E-state index in [4.69, 9.17) is 0 Å². The summed E-state index contributed by atoms with van der Waals surface area (Å²) < 4.78 is 0. The number of carbonyl (C=O) groups is 1. The van der Waals surface area contributed by atoms with Crippen molar-refractivity contribution in [3.8, 4) is 0 Å². The summed E-state index contributed by atoms with van der Waals surface area (Å²) in [4.78, 5) is 13.3. The zero-order valence-corrected chi connectivity index (χ0v) is 10.4. The highest BCUT2D eigenvalue weighted by atomic mass is 16.3. The van der Waals surface area contributed by atoms with E-state index >= 15 is 0 Å². The van der Waals surface area contributed by atoms with Gasteiger partial charge in [-0.05, 0) is 49.9 Å². The topological polar surface area (TPSA) is 40.5 Å². The lowest BCUT2D eigenvalue weighted by molar-refractivity contribution is 0.0465. The Morgan fingerprint density at radius 1 is 1.35 bits per heavy atom. The Morgan fingerprint density at radius 3 is 2.41 bits per heavy atom. The predicted octanol–water partition coefficient (Wildman–Crippen LogP) is 2.10. The second-order valence-electron chi connectivity index (χ2n) is 4.97. The number of aliphatic hydroxyl groups excluding tert-OH is 1. The van der Waals surface area contributed by atoms with Crippen LogP contribution in [0.2, 0.25) is 0 Å². The molecule has 17 heavy (non-hydrogen) atoms. The Balaban J connectivity index is 1.94. The van der Waals surface area contributed by atoms with Gasteiger partial charge >= 0.3 is 0 Å². The Morgan fingerprint density at radius 2 is 1.94 bits per heavy atom. The van der Waals surface area contributed by atoms with Crippen LogP contribution in [0.15, 0.2) is 24.3 Å². The van der Waals surface area contributed by atoms with Crippen LogP contribution in [0, 0.1) is 5.92 Å². The average Bonchev–Trinajstić information content (AvgIpc) is 2.27. The van der Waals surface area contributed by atoms with E-state index in [0.29, 0.717) is 5.92 Å². The van der Waals surface area contributed by atoms with Crippen LogP contribution >= 0.6 is 0 Å². The number of carbonyl (C=O) groups excluding carboxylic acids is 1. The van der Waals surface area contributed by atoms with Crippen LogP contribution in [0.5, 0.6) is 0 Å². The predicted molar refractivity (Wildman–Crippen MR) is 68.4 cm³/mol. The Kier molecular flexibility index (Phi) is 3.48. The van der Waals surface area contributed by atoms with Gasteiger partial charge in [-0.1, -0.05) is 0 Å². The number of rotatable bonds is 4. The van der Waals surface area contributed by atoms with Crippen molar-refractivity contribution in [3.05, 3.63) is 29.8 Å². The molecule has 0 heterocycles. The maximum absolute atomic E-state index is 11.2. The molecular formula is C14H19NO2. The largest absolute Gasteiger partial charge is 0.393 e. The molecule has 1 fully saturated rings. The van der Waals surface area contributed by atoms with Crippen molar-refractivity contribution >= 4 is 11.5 Å². The summed E-state index contributed by atoms with van der Waals surface area (Å²) in [6.07, 6.45) is 1.74. The Labute approximate surface area is 102 Å². The highest BCUT2D eigenvalue weighted by molar-refractivity contribution is 5.94. The number of nitrogens with zero attached hydrogens (tertiary/aromatic N) is 1. The molecular weight excluding hydrogens is 214 g/mol. The molecule has 0 atom stereocenters. The zero-order chi connectivity index (χ0) is 12.4. The van der Waals surface area contributed by atoms with Crippen LogP contribution in [-0.4, -0.2) is 30.6 Å². The van der Waals surface area contributed by atoms with Crippen molar-refractivity contribution in [1.82, 2.24) is 0 Å². The van der Waals surface area contributed by atoms with Crippen molar-refractivity contribution in [3.63, 3.8) is 0 Å². The van der Waals surface area contributed by atoms with E-state index in [0.717, 1.165) is 30.6 Å². The number of hydrogen-bond acceptors (Lipinski definition) is 3. The molecule has 1 aliphatic rings. The summed E-state index contributed by atoms with van der Waals surface area (Å²) in [7, 11) is 2.05. The maximum Gasteiger partial charge on any atom is 0.159 e. The van der Waals surface area contributed by atoms with Gasteiger partial charge in [-0.15, -0.1) is 0 Å². The lowest BCUT2D eigenvalue weighted by Crippen LogP contribution is -2.37. The number of hydrogen-bond donors (Lipinski definition) is 1. The van der Waals surface area contributed by atoms with Crippen molar-refractivity contribution in [2.24, 2.45) is 5.92 Å². The van der Waals surface area contributed by atoms with Gasteiger partial charge in [0.15, 0.2) is 5.78 Å². The third-order valence-electron chi connectivity index (χ3n) is 3.46. The van der Waals surface area contributed by atoms with Gasteiger partial charge in [-0.2, -0.15) is 0 Å². The van der Waals surface area contributed by atoms with E-state index < -0.39 is 0 Å². The first-order valence-electron chi connectivity index (χ1n) is 6.06. The van der Waals surface area contributed by atoms with E-state index in [-0.39, 0.29) is 11.9 Å². The maximum atomic E-state index is 11.2. The van der Waals surface area contributed by atoms with E-state index in [1.165, 1.54) is 0 Å². The van der Waals surface area contributed by atoms with E-state index in [1.54, 1.807) is 6.92 Å². The number of aliphatic hydroxyl groups is 1. The summed E-state index contributed by atoms with van der Waals surface area (Å²) in [5.74, 6) is 0.698. The molecule has 1 saturated carbocycles. The molecule has 0 aromatic heterocycles. The molecule has 0 radical (unpaired) electrons. The molecule has 1 aliphatic carbocycles. The average molecular weight is 233 g/mol. The van der Waals surface area contributed by atoms with Gasteiger partial charge in [-0.25, -0.2) is 0 Å². The molecule has 1 aromatic carbocycles. The molecule has 2 rings (SSSR count). The summed E-state index contributed by atoms with van der Waals surface area (Å²) in [5.41, 5.74) is 1.87. The summed E-state index contributed by atoms with van der Waals surface area (Å²) in [6, 6.07) is 7.69. The smallest absolute Gasteiger partial charge is 0.159 e. The van der Waals surface area contributed by atoms with Gasteiger partial charge in [0.25, 0.3) is 0 Å². The third kappa shape index (κ3) is 2.86. The molecule has 3 nitrogen and oxygen atoms in total. The van der Waals surface area contributed by atoms with Gasteiger partial charge in [0, 0.05) is 24.8 Å². The lowest BCUT2D eigenvalue weighted by Gasteiger charge is -2.35. The number of ketones is 1. The zero-order valence-electron chi connectivity index (χ0n) is 10.4. The monoisotopic (exact) mass is 233 g/mol. The van der Waals surface area contributed by atoms with Crippen LogP contribution in [0.25, 0.3) is 0 Å². The molecule has 0 bridgehead atoms. The molecule has 1 N–H and O–H groups in total. The highest BCUT2D eigenvalue weighted by Gasteiger charge is 2.27. The minimum Gasteiger partial charge on any atom is -0.393 e. The van der Waals surface area contributed by atoms with Crippen molar-refractivity contribution in [2.75, 3.05) is 18.5 Å². The summed E-state index contributed by atoms with van der Waals surface area (Å²) in [6.45, 7) is 2.55. The van der Waals surface area contributed by atoms with Gasteiger partial charge < -0.3 is 10.0 Å². The fourth-order valence-electron chi connectivity index (χ4n) is 2.29. The van der Waals surface area contributed by atoms with Crippen molar-refractivity contribution < 1.29 is 9.90 Å². The van der Waals surface area contributed by atoms with E-state index in [9.17, 15) is 9.90 Å². The number of Topliss-reactive ketones (excluding diaryl/α,β-unsaturated/α-hetero) is 1. The first kappa shape index (κ1) is 12.1. The second kappa shape index (κ2) is 4.88. The van der Waals surface area contributed by atoms with Crippen LogP contribution in [0.4, 0.5) is 5.69 Å². The minimum atomic E-state index is -0.0894. The van der Waals surface area contributed by atoms with E-state index in [1.807, 2.05) is 31.3 Å². The number of anilines is 1. The Bertz CT molecular complexity index is 393. The molecule has 0 spiro atoms. The second-order valence-corrected chi connectivity index (χ2v) is 4.97. The van der Waals surface area contributed by atoms with Crippen molar-refractivity contribution in [1.29, 1.82) is 0 Å². The van der Waals surface area contributed by atoms with Crippen molar-refractivity contribution in [2.45, 2.75) is 25.9 Å². The third-order valence-corrected chi connectivity index (χ3v) is 3.46. The molecule has 0 amide bonds. The molecule has 92 valence electrons. The molecule has 0 unspecified atom stereocenters. The first-order valence-corrected chi connectivity index (χ1v) is 6.06. The summed E-state index contributed by atoms with van der Waals surface area (Å²) >= 11 is 0. The fraction of sp³-hybridized carbons (Fsp3) is 0.500. The molecule has 3 heteroatoms. The van der Waals surface area contributed by atoms with Crippen LogP contribution in [-0.2, 0) is 0 Å². The number of benzene rings is 1. The first-order chi connectivity index (χ1) is 8.06. The SMILES string of the molecule is CC(=O)c1ccc(N(C)CC2CC(O)C2)cc1. The highest BCUT2D eigenvalue weighted by Crippen LogP contribution is 2.29. The van der Waals surface area contributed by atoms with Gasteiger partial charge in [0.1, 0.15) is 0 Å². The fourth-order valence-corrected chi connectivity index (χ4v) is 2.29. The van der Waals surface area contributed by atoms with Gasteiger partial charge in [0.05, 0.1) is 6.10 Å². The molecule has 0 aliphatic heterocycles. The quantitative estimate of drug-likeness (QED) is 0.810. The van der Waals surface area contributed by atoms with Crippen LogP contribution in [0.1, 0.15) is 30.1 Å². The standard InChI is InChI=1S/C14H19NO2/c1-10(16)12-3-5-13(6-4-12)15(2)9-11-7-14(17)8-11/h3-6,11,14,17H,7-9H2,1-2H3. The van der Waals surface area contributed by atoms with Gasteiger partial charge in [-0.3, -0.25) is 4.79 Å². The lowest BCUT2D eigenvalue weighted by atomic mass is 9.82. The Hall–Kier alpha value is -1.35. The molecule has 0 saturated heterocycles.